The van der Waals surface area contributed by atoms with Gasteiger partial charge in [0.15, 0.2) is 0 Å². The van der Waals surface area contributed by atoms with Gasteiger partial charge in [-0.3, -0.25) is 9.67 Å². The van der Waals surface area contributed by atoms with E-state index in [0.717, 1.165) is 42.5 Å². The van der Waals surface area contributed by atoms with Crippen molar-refractivity contribution in [2.45, 2.75) is 18.9 Å². The highest BCUT2D eigenvalue weighted by molar-refractivity contribution is 5.80. The third kappa shape index (κ3) is 3.80. The molecule has 5 heteroatoms. The molecule has 0 bridgehead atoms. The third-order valence-corrected chi connectivity index (χ3v) is 4.41. The molecule has 1 aromatic carbocycles. The third-order valence-electron chi connectivity index (χ3n) is 4.41. The Morgan fingerprint density at radius 2 is 2.00 bits per heavy atom. The first-order chi connectivity index (χ1) is 11.6. The number of benzene rings is 1. The molecular formula is C19H25N5. The van der Waals surface area contributed by atoms with Gasteiger partial charge in [-0.25, -0.2) is 0 Å². The zero-order chi connectivity index (χ0) is 16.9. The number of rotatable bonds is 7. The van der Waals surface area contributed by atoms with Crippen molar-refractivity contribution in [1.29, 1.82) is 0 Å². The number of nitrogens with zero attached hydrogens (tertiary/aromatic N) is 4. The van der Waals surface area contributed by atoms with Crippen molar-refractivity contribution in [3.63, 3.8) is 0 Å². The first-order valence-corrected chi connectivity index (χ1v) is 8.40. The van der Waals surface area contributed by atoms with Gasteiger partial charge < -0.3 is 10.6 Å². The molecule has 2 N–H and O–H groups in total. The Balaban J connectivity index is 1.53. The van der Waals surface area contributed by atoms with E-state index in [2.05, 4.69) is 34.2 Å². The second-order valence-electron chi connectivity index (χ2n) is 6.35. The zero-order valence-electron chi connectivity index (χ0n) is 14.4. The topological polar surface area (TPSA) is 60.0 Å². The van der Waals surface area contributed by atoms with Gasteiger partial charge in [0.1, 0.15) is 0 Å². The molecule has 0 amide bonds. The van der Waals surface area contributed by atoms with Gasteiger partial charge in [-0.1, -0.05) is 30.3 Å². The van der Waals surface area contributed by atoms with Gasteiger partial charge in [0, 0.05) is 31.2 Å². The summed E-state index contributed by atoms with van der Waals surface area (Å²) < 4.78 is 1.91. The van der Waals surface area contributed by atoms with Crippen LogP contribution in [0.2, 0.25) is 0 Å². The lowest BCUT2D eigenvalue weighted by molar-refractivity contribution is 0.308. The Kier molecular flexibility index (Phi) is 5.23. The quantitative estimate of drug-likeness (QED) is 0.726. The molecule has 3 rings (SSSR count). The summed E-state index contributed by atoms with van der Waals surface area (Å²) in [6, 6.07) is 12.3. The van der Waals surface area contributed by atoms with E-state index >= 15 is 0 Å². The van der Waals surface area contributed by atoms with E-state index in [9.17, 15) is 0 Å². The maximum absolute atomic E-state index is 6.29. The van der Waals surface area contributed by atoms with Crippen LogP contribution in [0, 0.1) is 0 Å². The predicted octanol–water partition coefficient (Wildman–Crippen LogP) is 2.53. The molecule has 0 aliphatic carbocycles. The Labute approximate surface area is 143 Å². The summed E-state index contributed by atoms with van der Waals surface area (Å²) in [5.74, 6) is 0. The number of likely N-dealkylation sites (N-methyl/N-ethyl adjacent to an activating group) is 1. The molecule has 0 aliphatic heterocycles. The standard InChI is InChI=1S/C19H25N5/c1-23(14-17(20)15-7-4-3-5-8-15)12-6-9-18-19-16(10-11-21-18)13-22-24(19)2/h3-5,7-8,10-11,13,17H,6,9,12,14,20H2,1-2H3/t17-/m1/s1. The van der Waals surface area contributed by atoms with E-state index in [0.29, 0.717) is 0 Å². The van der Waals surface area contributed by atoms with Crippen LogP contribution in [-0.2, 0) is 13.5 Å². The van der Waals surface area contributed by atoms with E-state index in [-0.39, 0.29) is 6.04 Å². The van der Waals surface area contributed by atoms with Gasteiger partial charge >= 0.3 is 0 Å². The first kappa shape index (κ1) is 16.6. The minimum Gasteiger partial charge on any atom is -0.323 e. The van der Waals surface area contributed by atoms with Crippen molar-refractivity contribution in [2.24, 2.45) is 12.8 Å². The smallest absolute Gasteiger partial charge is 0.0894 e. The normalized spacial score (nSPS) is 12.8. The van der Waals surface area contributed by atoms with Gasteiger partial charge in [-0.05, 0) is 38.1 Å². The second kappa shape index (κ2) is 7.55. The van der Waals surface area contributed by atoms with Crippen LogP contribution in [0.25, 0.3) is 10.9 Å². The summed E-state index contributed by atoms with van der Waals surface area (Å²) in [5, 5.41) is 5.48. The largest absolute Gasteiger partial charge is 0.323 e. The number of aromatic nitrogens is 3. The fraction of sp³-hybridized carbons (Fsp3) is 0.368. The highest BCUT2D eigenvalue weighted by atomic mass is 15.3. The van der Waals surface area contributed by atoms with E-state index in [1.807, 2.05) is 48.4 Å². The molecule has 0 aliphatic rings. The molecule has 126 valence electrons. The Bertz CT molecular complexity index is 781. The van der Waals surface area contributed by atoms with Crippen molar-refractivity contribution >= 4 is 10.9 Å². The fourth-order valence-electron chi connectivity index (χ4n) is 3.13. The molecule has 0 saturated carbocycles. The van der Waals surface area contributed by atoms with Crippen molar-refractivity contribution in [3.05, 3.63) is 60.0 Å². The number of nitrogens with two attached hydrogens (primary N) is 1. The lowest BCUT2D eigenvalue weighted by atomic mass is 10.1. The Morgan fingerprint density at radius 1 is 1.21 bits per heavy atom. The van der Waals surface area contributed by atoms with E-state index in [1.54, 1.807) is 0 Å². The van der Waals surface area contributed by atoms with Crippen LogP contribution in [0.15, 0.2) is 48.8 Å². The summed E-state index contributed by atoms with van der Waals surface area (Å²) in [7, 11) is 4.10. The van der Waals surface area contributed by atoms with Gasteiger partial charge in [0.05, 0.1) is 17.4 Å². The fourth-order valence-corrected chi connectivity index (χ4v) is 3.13. The van der Waals surface area contributed by atoms with E-state index in [4.69, 9.17) is 5.73 Å². The number of hydrogen-bond donors (Lipinski definition) is 1. The average molecular weight is 323 g/mol. The lowest BCUT2D eigenvalue weighted by Crippen LogP contribution is -2.30. The highest BCUT2D eigenvalue weighted by Gasteiger charge is 2.10. The summed E-state index contributed by atoms with van der Waals surface area (Å²) in [6.07, 6.45) is 5.76. The SMILES string of the molecule is CN(CCCc1nccc2cnn(C)c12)C[C@@H](N)c1ccccc1. The molecule has 1 atom stereocenters. The molecule has 5 nitrogen and oxygen atoms in total. The summed E-state index contributed by atoms with van der Waals surface area (Å²) in [6.45, 7) is 1.85. The number of pyridine rings is 1. The highest BCUT2D eigenvalue weighted by Crippen LogP contribution is 2.17. The second-order valence-corrected chi connectivity index (χ2v) is 6.35. The molecule has 24 heavy (non-hydrogen) atoms. The molecule has 0 saturated heterocycles. The molecule has 0 unspecified atom stereocenters. The van der Waals surface area contributed by atoms with Crippen LogP contribution in [-0.4, -0.2) is 39.8 Å². The summed E-state index contributed by atoms with van der Waals surface area (Å²) >= 11 is 0. The van der Waals surface area contributed by atoms with Crippen LogP contribution < -0.4 is 5.73 Å². The van der Waals surface area contributed by atoms with Crippen molar-refractivity contribution in [3.8, 4) is 0 Å². The first-order valence-electron chi connectivity index (χ1n) is 8.40. The predicted molar refractivity (Wildman–Crippen MR) is 97.7 cm³/mol. The minimum absolute atomic E-state index is 0.0508. The summed E-state index contributed by atoms with van der Waals surface area (Å²) in [4.78, 5) is 6.83. The van der Waals surface area contributed by atoms with Crippen molar-refractivity contribution in [2.75, 3.05) is 20.1 Å². The molecule has 0 fully saturated rings. The maximum Gasteiger partial charge on any atom is 0.0894 e. The molecule has 2 aromatic heterocycles. The Morgan fingerprint density at radius 3 is 2.79 bits per heavy atom. The van der Waals surface area contributed by atoms with Gasteiger partial charge in [-0.2, -0.15) is 5.10 Å². The average Bonchev–Trinajstić information content (AvgIpc) is 2.98. The van der Waals surface area contributed by atoms with Crippen molar-refractivity contribution in [1.82, 2.24) is 19.7 Å². The Hall–Kier alpha value is -2.24. The lowest BCUT2D eigenvalue weighted by Gasteiger charge is -2.21. The molecular weight excluding hydrogens is 298 g/mol. The van der Waals surface area contributed by atoms with Gasteiger partial charge in [0.25, 0.3) is 0 Å². The molecule has 2 heterocycles. The number of hydrogen-bond acceptors (Lipinski definition) is 4. The number of aryl methyl sites for hydroxylation is 2. The maximum atomic E-state index is 6.29. The molecule has 0 spiro atoms. The van der Waals surface area contributed by atoms with E-state index in [1.165, 1.54) is 5.56 Å². The van der Waals surface area contributed by atoms with Crippen LogP contribution >= 0.6 is 0 Å². The monoisotopic (exact) mass is 323 g/mol. The van der Waals surface area contributed by atoms with Crippen LogP contribution in [0.1, 0.15) is 23.7 Å². The minimum atomic E-state index is 0.0508. The van der Waals surface area contributed by atoms with Gasteiger partial charge in [-0.15, -0.1) is 0 Å². The number of fused-ring (bicyclic) bond motifs is 1. The zero-order valence-corrected chi connectivity index (χ0v) is 14.4. The summed E-state index contributed by atoms with van der Waals surface area (Å²) in [5.41, 5.74) is 9.74. The molecule has 3 aromatic rings. The van der Waals surface area contributed by atoms with E-state index < -0.39 is 0 Å². The van der Waals surface area contributed by atoms with Crippen LogP contribution in [0.5, 0.6) is 0 Å². The molecule has 0 radical (unpaired) electrons. The van der Waals surface area contributed by atoms with Crippen LogP contribution in [0.4, 0.5) is 0 Å². The van der Waals surface area contributed by atoms with Crippen molar-refractivity contribution < 1.29 is 0 Å². The van der Waals surface area contributed by atoms with Gasteiger partial charge in [0.2, 0.25) is 0 Å². The van der Waals surface area contributed by atoms with Crippen LogP contribution in [0.3, 0.4) is 0 Å².